The van der Waals surface area contributed by atoms with Gasteiger partial charge >= 0.3 is 0 Å². The number of hydrogen-bond donors (Lipinski definition) is 2. The molecule has 8 nitrogen and oxygen atoms in total. The maximum atomic E-state index is 12.9. The molecule has 2 aromatic heterocycles. The Bertz CT molecular complexity index is 1350. The van der Waals surface area contributed by atoms with Crippen molar-refractivity contribution >= 4 is 38.4 Å². The van der Waals surface area contributed by atoms with Crippen molar-refractivity contribution in [3.05, 3.63) is 83.8 Å². The van der Waals surface area contributed by atoms with Crippen molar-refractivity contribution in [2.75, 3.05) is 6.54 Å². The van der Waals surface area contributed by atoms with Gasteiger partial charge in [-0.2, -0.15) is 5.10 Å². The fourth-order valence-corrected chi connectivity index (χ4v) is 4.64. The molecule has 32 heavy (non-hydrogen) atoms. The zero-order valence-electron chi connectivity index (χ0n) is 17.3. The second kappa shape index (κ2) is 9.15. The second-order valence-electron chi connectivity index (χ2n) is 7.38. The molecule has 2 heterocycles. The Hall–Kier alpha value is -3.14. The minimum atomic E-state index is -3.77. The quantitative estimate of drug-likeness (QED) is 0.413. The maximum absolute atomic E-state index is 12.9. The molecule has 0 spiro atoms. The Balaban J connectivity index is 1.50. The molecular formula is C22H22ClN5O3S. The summed E-state index contributed by atoms with van der Waals surface area (Å²) in [6, 6.07) is 16.1. The number of amides is 1. The Morgan fingerprint density at radius 3 is 2.66 bits per heavy atom. The van der Waals surface area contributed by atoms with E-state index in [4.69, 9.17) is 11.6 Å². The molecule has 0 saturated carbocycles. The van der Waals surface area contributed by atoms with E-state index in [0.29, 0.717) is 5.02 Å². The van der Waals surface area contributed by atoms with Gasteiger partial charge in [0.25, 0.3) is 0 Å². The van der Waals surface area contributed by atoms with Gasteiger partial charge in [0.05, 0.1) is 12.2 Å². The average Bonchev–Trinajstić information content (AvgIpc) is 3.38. The minimum absolute atomic E-state index is 0.00870. The van der Waals surface area contributed by atoms with Crippen molar-refractivity contribution in [3.63, 3.8) is 0 Å². The first-order valence-electron chi connectivity index (χ1n) is 9.89. The van der Waals surface area contributed by atoms with E-state index in [9.17, 15) is 13.2 Å². The normalized spacial score (nSPS) is 12.7. The number of carbonyl (C=O) groups excluding carboxylic acids is 1. The van der Waals surface area contributed by atoms with Crippen molar-refractivity contribution in [1.29, 1.82) is 0 Å². The zero-order chi connectivity index (χ0) is 22.7. The average molecular weight is 472 g/mol. The van der Waals surface area contributed by atoms with Crippen LogP contribution in [0.4, 0.5) is 0 Å². The fourth-order valence-electron chi connectivity index (χ4n) is 3.44. The van der Waals surface area contributed by atoms with Crippen molar-refractivity contribution < 1.29 is 13.2 Å². The summed E-state index contributed by atoms with van der Waals surface area (Å²) in [5.41, 5.74) is 1.64. The van der Waals surface area contributed by atoms with Crippen molar-refractivity contribution in [3.8, 4) is 0 Å². The molecule has 0 fully saturated rings. The number of nitrogens with one attached hydrogen (secondary N) is 2. The van der Waals surface area contributed by atoms with Crippen LogP contribution in [0.15, 0.2) is 78.1 Å². The molecule has 0 aliphatic heterocycles. The molecule has 10 heteroatoms. The van der Waals surface area contributed by atoms with E-state index in [0.717, 1.165) is 16.5 Å². The smallest absolute Gasteiger partial charge is 0.243 e. The highest BCUT2D eigenvalue weighted by Gasteiger charge is 2.21. The highest BCUT2D eigenvalue weighted by atomic mass is 35.5. The molecule has 0 saturated heterocycles. The van der Waals surface area contributed by atoms with Crippen molar-refractivity contribution in [2.45, 2.75) is 17.5 Å². The van der Waals surface area contributed by atoms with Gasteiger partial charge in [0.1, 0.15) is 11.4 Å². The molecule has 0 radical (unpaired) electrons. The predicted octanol–water partition coefficient (Wildman–Crippen LogP) is 2.86. The summed E-state index contributed by atoms with van der Waals surface area (Å²) in [5, 5.41) is 8.41. The lowest BCUT2D eigenvalue weighted by Gasteiger charge is -2.20. The first-order valence-corrected chi connectivity index (χ1v) is 11.7. The summed E-state index contributed by atoms with van der Waals surface area (Å²) in [6.45, 7) is 0.0633. The lowest BCUT2D eigenvalue weighted by Crippen LogP contribution is -2.39. The Labute approximate surface area is 190 Å². The Morgan fingerprint density at radius 1 is 1.16 bits per heavy atom. The number of aromatic nitrogens is 3. The number of sulfonamides is 1. The van der Waals surface area contributed by atoms with E-state index in [1.165, 1.54) is 17.1 Å². The van der Waals surface area contributed by atoms with Crippen LogP contribution >= 0.6 is 11.6 Å². The summed E-state index contributed by atoms with van der Waals surface area (Å²) in [7, 11) is -2.12. The first-order chi connectivity index (χ1) is 15.3. The van der Waals surface area contributed by atoms with Crippen LogP contribution in [-0.2, 0) is 28.4 Å². The van der Waals surface area contributed by atoms with Gasteiger partial charge in [0.15, 0.2) is 0 Å². The molecule has 4 rings (SSSR count). The molecule has 1 atom stereocenters. The first kappa shape index (κ1) is 22.1. The number of nitrogens with zero attached hydrogens (tertiary/aromatic N) is 3. The van der Waals surface area contributed by atoms with Gasteiger partial charge in [0, 0.05) is 36.5 Å². The number of carbonyl (C=O) groups is 1. The molecule has 0 aliphatic carbocycles. The minimum Gasteiger partial charge on any atom is -0.346 e. The van der Waals surface area contributed by atoms with Crippen LogP contribution in [0.1, 0.15) is 11.6 Å². The molecule has 2 N–H and O–H groups in total. The van der Waals surface area contributed by atoms with Crippen LogP contribution in [0.25, 0.3) is 10.9 Å². The molecule has 1 amide bonds. The monoisotopic (exact) mass is 471 g/mol. The number of hydrogen-bond acceptors (Lipinski definition) is 4. The highest BCUT2D eigenvalue weighted by molar-refractivity contribution is 7.89. The number of aryl methyl sites for hydroxylation is 1. The van der Waals surface area contributed by atoms with Gasteiger partial charge < -0.3 is 9.88 Å². The fraction of sp³-hybridized carbons (Fsp3) is 0.182. The van der Waals surface area contributed by atoms with Crippen LogP contribution in [-0.4, -0.2) is 35.2 Å². The van der Waals surface area contributed by atoms with Crippen LogP contribution in [0.5, 0.6) is 0 Å². The largest absolute Gasteiger partial charge is 0.346 e. The highest BCUT2D eigenvalue weighted by Crippen LogP contribution is 2.21. The number of fused-ring (bicyclic) bond motifs is 1. The van der Waals surface area contributed by atoms with E-state index < -0.39 is 16.1 Å². The molecule has 2 aromatic carbocycles. The van der Waals surface area contributed by atoms with Crippen molar-refractivity contribution in [2.24, 2.45) is 7.05 Å². The summed E-state index contributed by atoms with van der Waals surface area (Å²) < 4.78 is 31.0. The van der Waals surface area contributed by atoms with Gasteiger partial charge in [-0.15, -0.1) is 0 Å². The lowest BCUT2D eigenvalue weighted by molar-refractivity contribution is -0.122. The van der Waals surface area contributed by atoms with E-state index in [1.807, 2.05) is 48.7 Å². The Morgan fingerprint density at radius 2 is 1.94 bits per heavy atom. The van der Waals surface area contributed by atoms with Crippen molar-refractivity contribution in [1.82, 2.24) is 24.4 Å². The van der Waals surface area contributed by atoms with Crippen LogP contribution in [0.2, 0.25) is 5.02 Å². The number of halogens is 1. The standard InChI is InChI=1S/C22H22ClN5O3S/c1-27-14-19(12-24-27)32(30,31)25-13-20(16-5-3-2-4-6-16)26-22(29)15-28-10-9-17-7-8-18(23)11-21(17)28/h2-12,14,20,25H,13,15H2,1H3,(H,26,29). The zero-order valence-corrected chi connectivity index (χ0v) is 18.8. The molecule has 1 unspecified atom stereocenters. The number of benzene rings is 2. The molecule has 0 aliphatic rings. The lowest BCUT2D eigenvalue weighted by atomic mass is 10.1. The summed E-state index contributed by atoms with van der Waals surface area (Å²) in [4.78, 5) is 12.9. The van der Waals surface area contributed by atoms with Gasteiger partial charge in [0.2, 0.25) is 15.9 Å². The van der Waals surface area contributed by atoms with Crippen LogP contribution in [0, 0.1) is 0 Å². The second-order valence-corrected chi connectivity index (χ2v) is 9.58. The predicted molar refractivity (Wildman–Crippen MR) is 123 cm³/mol. The topological polar surface area (TPSA) is 98.0 Å². The van der Waals surface area contributed by atoms with Crippen LogP contribution < -0.4 is 10.0 Å². The summed E-state index contributed by atoms with van der Waals surface area (Å²) in [5.74, 6) is -0.253. The third-order valence-corrected chi connectivity index (χ3v) is 6.67. The summed E-state index contributed by atoms with van der Waals surface area (Å²) >= 11 is 6.10. The third-order valence-electron chi connectivity index (χ3n) is 5.06. The third kappa shape index (κ3) is 5.01. The molecular weight excluding hydrogens is 450 g/mol. The van der Waals surface area contributed by atoms with Gasteiger partial charge in [-0.3, -0.25) is 9.48 Å². The number of rotatable bonds is 8. The van der Waals surface area contributed by atoms with E-state index in [2.05, 4.69) is 15.1 Å². The maximum Gasteiger partial charge on any atom is 0.243 e. The van der Waals surface area contributed by atoms with Gasteiger partial charge in [-0.05, 0) is 29.1 Å². The molecule has 0 bridgehead atoms. The molecule has 4 aromatic rings. The Kier molecular flexibility index (Phi) is 6.31. The summed E-state index contributed by atoms with van der Waals surface area (Å²) in [6.07, 6.45) is 4.52. The SMILES string of the molecule is Cn1cc(S(=O)(=O)NCC(NC(=O)Cn2ccc3ccc(Cl)cc32)c2ccccc2)cn1. The van der Waals surface area contributed by atoms with Gasteiger partial charge in [-0.25, -0.2) is 13.1 Å². The van der Waals surface area contributed by atoms with E-state index in [-0.39, 0.29) is 23.9 Å². The molecule has 166 valence electrons. The van der Waals surface area contributed by atoms with E-state index in [1.54, 1.807) is 23.7 Å². The van der Waals surface area contributed by atoms with E-state index >= 15 is 0 Å². The van der Waals surface area contributed by atoms with Gasteiger partial charge in [-0.1, -0.05) is 48.0 Å². The van der Waals surface area contributed by atoms with Crippen LogP contribution in [0.3, 0.4) is 0 Å².